The molecule has 0 radical (unpaired) electrons. The third-order valence-corrected chi connectivity index (χ3v) is 5.81. The molecular formula is C16H19N3O4S. The van der Waals surface area contributed by atoms with Crippen molar-refractivity contribution in [2.24, 2.45) is 5.73 Å². The quantitative estimate of drug-likeness (QED) is 0.876. The molecule has 1 aliphatic rings. The molecule has 3 N–H and O–H groups in total. The molecule has 0 aliphatic carbocycles. The Balaban J connectivity index is 1.85. The Kier molecular flexibility index (Phi) is 4.33. The highest BCUT2D eigenvalue weighted by Crippen LogP contribution is 2.30. The monoisotopic (exact) mass is 349 g/mol. The zero-order chi connectivity index (χ0) is 17.3. The van der Waals surface area contributed by atoms with Crippen molar-refractivity contribution in [1.29, 1.82) is 0 Å². The van der Waals surface area contributed by atoms with Gasteiger partial charge in [-0.2, -0.15) is 0 Å². The summed E-state index contributed by atoms with van der Waals surface area (Å²) in [5, 5.41) is 2.75. The lowest BCUT2D eigenvalue weighted by Gasteiger charge is -2.20. The summed E-state index contributed by atoms with van der Waals surface area (Å²) in [6, 6.07) is 6.79. The molecule has 1 aromatic heterocycles. The van der Waals surface area contributed by atoms with Crippen LogP contribution in [0.2, 0.25) is 0 Å². The summed E-state index contributed by atoms with van der Waals surface area (Å²) in [7, 11) is -3.27. The van der Waals surface area contributed by atoms with Gasteiger partial charge < -0.3 is 15.5 Å². The first-order chi connectivity index (χ1) is 11.4. The molecule has 1 aliphatic heterocycles. The summed E-state index contributed by atoms with van der Waals surface area (Å²) < 4.78 is 30.8. The fourth-order valence-corrected chi connectivity index (χ4v) is 4.29. The lowest BCUT2D eigenvalue weighted by molar-refractivity contribution is 0.102. The summed E-state index contributed by atoms with van der Waals surface area (Å²) in [5.74, 6) is 0.338. The first kappa shape index (κ1) is 16.5. The second-order valence-electron chi connectivity index (χ2n) is 5.70. The van der Waals surface area contributed by atoms with E-state index in [1.54, 1.807) is 24.3 Å². The minimum absolute atomic E-state index is 0.153. The molecule has 128 valence electrons. The van der Waals surface area contributed by atoms with E-state index in [0.29, 0.717) is 35.7 Å². The van der Waals surface area contributed by atoms with E-state index in [1.807, 2.05) is 6.92 Å². The molecule has 1 fully saturated rings. The number of anilines is 2. The van der Waals surface area contributed by atoms with Crippen molar-refractivity contribution in [2.75, 3.05) is 21.9 Å². The number of benzene rings is 1. The number of nitrogens with two attached hydrogens (primary N) is 1. The molecule has 0 saturated carbocycles. The molecule has 1 saturated heterocycles. The third kappa shape index (κ3) is 3.15. The van der Waals surface area contributed by atoms with Gasteiger partial charge in [-0.05, 0) is 37.1 Å². The summed E-state index contributed by atoms with van der Waals surface area (Å²) in [6.45, 7) is 2.52. The molecule has 0 unspecified atom stereocenters. The smallest absolute Gasteiger partial charge is 0.258 e. The Morgan fingerprint density at radius 1 is 1.38 bits per heavy atom. The van der Waals surface area contributed by atoms with Crippen LogP contribution in [-0.4, -0.2) is 26.6 Å². The van der Waals surface area contributed by atoms with Gasteiger partial charge in [0, 0.05) is 12.2 Å². The number of sulfonamides is 1. The number of furan rings is 1. The number of nitrogens with zero attached hydrogens (tertiary/aromatic N) is 1. The van der Waals surface area contributed by atoms with Gasteiger partial charge in [0.15, 0.2) is 0 Å². The van der Waals surface area contributed by atoms with Gasteiger partial charge in [-0.1, -0.05) is 6.07 Å². The van der Waals surface area contributed by atoms with Gasteiger partial charge in [0.2, 0.25) is 10.0 Å². The summed E-state index contributed by atoms with van der Waals surface area (Å²) >= 11 is 0. The average molecular weight is 349 g/mol. The van der Waals surface area contributed by atoms with Crippen LogP contribution in [0.15, 0.2) is 34.9 Å². The van der Waals surface area contributed by atoms with Crippen molar-refractivity contribution < 1.29 is 17.6 Å². The fraction of sp³-hybridized carbons (Fsp3) is 0.312. The highest BCUT2D eigenvalue weighted by molar-refractivity contribution is 7.93. The van der Waals surface area contributed by atoms with Gasteiger partial charge in [-0.25, -0.2) is 8.42 Å². The van der Waals surface area contributed by atoms with Gasteiger partial charge in [-0.3, -0.25) is 9.10 Å². The Bertz CT molecular complexity index is 873. The highest BCUT2D eigenvalue weighted by atomic mass is 32.2. The van der Waals surface area contributed by atoms with Crippen molar-refractivity contribution in [3.8, 4) is 0 Å². The molecule has 0 atom stereocenters. The number of nitrogens with one attached hydrogen (secondary N) is 1. The number of carbonyl (C=O) groups is 1. The maximum absolute atomic E-state index is 12.2. The van der Waals surface area contributed by atoms with Crippen molar-refractivity contribution in [3.05, 3.63) is 47.4 Å². The number of hydrogen-bond donors (Lipinski definition) is 2. The van der Waals surface area contributed by atoms with E-state index >= 15 is 0 Å². The van der Waals surface area contributed by atoms with Crippen molar-refractivity contribution in [2.45, 2.75) is 19.9 Å². The largest absolute Gasteiger partial charge is 0.467 e. The zero-order valence-corrected chi connectivity index (χ0v) is 14.1. The Hall–Kier alpha value is -2.32. The number of amides is 1. The lowest BCUT2D eigenvalue weighted by Crippen LogP contribution is -2.26. The first-order valence-electron chi connectivity index (χ1n) is 7.60. The minimum atomic E-state index is -3.27. The lowest BCUT2D eigenvalue weighted by atomic mass is 10.1. The zero-order valence-electron chi connectivity index (χ0n) is 13.3. The molecule has 0 bridgehead atoms. The van der Waals surface area contributed by atoms with Gasteiger partial charge >= 0.3 is 0 Å². The predicted octanol–water partition coefficient (Wildman–Crippen LogP) is 1.84. The van der Waals surface area contributed by atoms with Crippen LogP contribution in [0.4, 0.5) is 11.4 Å². The van der Waals surface area contributed by atoms with Crippen LogP contribution in [0.3, 0.4) is 0 Å². The minimum Gasteiger partial charge on any atom is -0.467 e. The molecule has 2 heterocycles. The maximum atomic E-state index is 12.2. The standard InChI is InChI=1S/C16H19N3O4S/c1-11-3-4-13(8-15(11)19-5-2-6-24(19,21)22)18-16(20)12-7-14(9-17)23-10-12/h3-4,7-8,10H,2,5-6,9,17H2,1H3,(H,18,20). The van der Waals surface area contributed by atoms with Gasteiger partial charge in [0.25, 0.3) is 5.91 Å². The number of rotatable bonds is 4. The molecule has 24 heavy (non-hydrogen) atoms. The Morgan fingerprint density at radius 3 is 2.79 bits per heavy atom. The van der Waals surface area contributed by atoms with Crippen LogP contribution in [0.25, 0.3) is 0 Å². The Morgan fingerprint density at radius 2 is 2.17 bits per heavy atom. The number of hydrogen-bond acceptors (Lipinski definition) is 5. The molecule has 3 rings (SSSR count). The van der Waals surface area contributed by atoms with Crippen LogP contribution in [-0.2, 0) is 16.6 Å². The van der Waals surface area contributed by atoms with E-state index in [9.17, 15) is 13.2 Å². The van der Waals surface area contributed by atoms with Crippen LogP contribution in [0.5, 0.6) is 0 Å². The third-order valence-electron chi connectivity index (χ3n) is 3.95. The van der Waals surface area contributed by atoms with E-state index in [4.69, 9.17) is 10.2 Å². The summed E-state index contributed by atoms with van der Waals surface area (Å²) in [5.41, 5.74) is 7.79. The van der Waals surface area contributed by atoms with E-state index in [2.05, 4.69) is 5.32 Å². The molecule has 2 aromatic rings. The summed E-state index contributed by atoms with van der Waals surface area (Å²) in [6.07, 6.45) is 1.95. The number of aryl methyl sites for hydroxylation is 1. The molecule has 0 spiro atoms. The first-order valence-corrected chi connectivity index (χ1v) is 9.21. The fourth-order valence-electron chi connectivity index (χ4n) is 2.68. The van der Waals surface area contributed by atoms with Crippen LogP contribution < -0.4 is 15.4 Å². The van der Waals surface area contributed by atoms with Crippen LogP contribution >= 0.6 is 0 Å². The second kappa shape index (κ2) is 6.29. The second-order valence-corrected chi connectivity index (χ2v) is 7.72. The van der Waals surface area contributed by atoms with E-state index < -0.39 is 10.0 Å². The molecule has 1 aromatic carbocycles. The van der Waals surface area contributed by atoms with E-state index in [-0.39, 0.29) is 18.2 Å². The normalized spacial score (nSPS) is 16.3. The van der Waals surface area contributed by atoms with Crippen molar-refractivity contribution >= 4 is 27.3 Å². The topological polar surface area (TPSA) is 106 Å². The Labute approximate surface area is 140 Å². The SMILES string of the molecule is Cc1ccc(NC(=O)c2coc(CN)c2)cc1N1CCCS1(=O)=O. The highest BCUT2D eigenvalue weighted by Gasteiger charge is 2.29. The molecule has 8 heteroatoms. The molecule has 1 amide bonds. The van der Waals surface area contributed by atoms with Gasteiger partial charge in [-0.15, -0.1) is 0 Å². The van der Waals surface area contributed by atoms with Crippen molar-refractivity contribution in [1.82, 2.24) is 0 Å². The van der Waals surface area contributed by atoms with Gasteiger partial charge in [0.05, 0.1) is 23.5 Å². The summed E-state index contributed by atoms with van der Waals surface area (Å²) in [4.78, 5) is 12.2. The van der Waals surface area contributed by atoms with Crippen LogP contribution in [0, 0.1) is 6.92 Å². The van der Waals surface area contributed by atoms with E-state index in [1.165, 1.54) is 10.6 Å². The van der Waals surface area contributed by atoms with Crippen molar-refractivity contribution in [3.63, 3.8) is 0 Å². The predicted molar refractivity (Wildman–Crippen MR) is 91.5 cm³/mol. The molecule has 7 nitrogen and oxygen atoms in total. The maximum Gasteiger partial charge on any atom is 0.258 e. The number of carbonyl (C=O) groups excluding carboxylic acids is 1. The van der Waals surface area contributed by atoms with E-state index in [0.717, 1.165) is 5.56 Å². The van der Waals surface area contributed by atoms with Crippen LogP contribution in [0.1, 0.15) is 28.1 Å². The molecular weight excluding hydrogens is 330 g/mol. The van der Waals surface area contributed by atoms with Gasteiger partial charge in [0.1, 0.15) is 12.0 Å². The average Bonchev–Trinajstić information content (AvgIpc) is 3.15.